The number of amides is 1. The number of para-hydroxylation sites is 1. The van der Waals surface area contributed by atoms with Crippen LogP contribution in [0, 0.1) is 5.92 Å². The maximum Gasteiger partial charge on any atom is 0.286 e. The first-order valence-electron chi connectivity index (χ1n) is 8.72. The summed E-state index contributed by atoms with van der Waals surface area (Å²) in [5.74, 6) is 0.697. The van der Waals surface area contributed by atoms with Gasteiger partial charge >= 0.3 is 0 Å². The van der Waals surface area contributed by atoms with Gasteiger partial charge in [0.25, 0.3) is 5.91 Å². The number of nitrogens with one attached hydrogen (secondary N) is 1. The molecule has 1 N–H and O–H groups in total. The van der Waals surface area contributed by atoms with Gasteiger partial charge in [0.1, 0.15) is 5.01 Å². The fraction of sp³-hybridized carbons (Fsp3) is 0.500. The standard InChI is InChI=1S/C18H22N4OS/c23-17(19-14-8-2-1-3-9-14)18-21-20-16(24-18)12-22-11-5-10-15(22)13-6-4-7-13/h1-3,8-9,13,15H,4-7,10-12H2,(H,19,23). The lowest BCUT2D eigenvalue weighted by Crippen LogP contribution is -2.38. The topological polar surface area (TPSA) is 58.1 Å². The van der Waals surface area contributed by atoms with Gasteiger partial charge in [0, 0.05) is 11.7 Å². The second-order valence-electron chi connectivity index (χ2n) is 6.69. The average molecular weight is 342 g/mol. The summed E-state index contributed by atoms with van der Waals surface area (Å²) in [6, 6.07) is 10.2. The summed E-state index contributed by atoms with van der Waals surface area (Å²) in [5.41, 5.74) is 0.781. The molecule has 126 valence electrons. The third kappa shape index (κ3) is 3.35. The molecule has 1 unspecified atom stereocenters. The lowest BCUT2D eigenvalue weighted by atomic mass is 9.79. The minimum atomic E-state index is -0.179. The molecule has 2 heterocycles. The number of hydrogen-bond acceptors (Lipinski definition) is 5. The van der Waals surface area contributed by atoms with Gasteiger partial charge in [-0.3, -0.25) is 9.69 Å². The second-order valence-corrected chi connectivity index (χ2v) is 7.75. The number of carbonyl (C=O) groups excluding carboxylic acids is 1. The molecule has 5 nitrogen and oxygen atoms in total. The van der Waals surface area contributed by atoms with Crippen LogP contribution in [0.2, 0.25) is 0 Å². The summed E-state index contributed by atoms with van der Waals surface area (Å²) in [4.78, 5) is 14.8. The third-order valence-electron chi connectivity index (χ3n) is 5.14. The van der Waals surface area contributed by atoms with Gasteiger partial charge in [0.2, 0.25) is 5.01 Å². The van der Waals surface area contributed by atoms with E-state index in [0.717, 1.165) is 29.7 Å². The number of hydrogen-bond donors (Lipinski definition) is 1. The maximum atomic E-state index is 12.3. The number of carbonyl (C=O) groups is 1. The van der Waals surface area contributed by atoms with Crippen LogP contribution >= 0.6 is 11.3 Å². The lowest BCUT2D eigenvalue weighted by Gasteiger charge is -2.36. The fourth-order valence-corrected chi connectivity index (χ4v) is 4.46. The van der Waals surface area contributed by atoms with Crippen molar-refractivity contribution in [1.29, 1.82) is 0 Å². The minimum Gasteiger partial charge on any atom is -0.320 e. The van der Waals surface area contributed by atoms with E-state index >= 15 is 0 Å². The van der Waals surface area contributed by atoms with Gasteiger partial charge in [0.15, 0.2) is 0 Å². The Balaban J connectivity index is 1.38. The minimum absolute atomic E-state index is 0.179. The second kappa shape index (κ2) is 6.99. The highest BCUT2D eigenvalue weighted by molar-refractivity contribution is 7.13. The van der Waals surface area contributed by atoms with Crippen LogP contribution in [0.25, 0.3) is 0 Å². The highest BCUT2D eigenvalue weighted by atomic mass is 32.1. The zero-order valence-corrected chi connectivity index (χ0v) is 14.5. The zero-order valence-electron chi connectivity index (χ0n) is 13.6. The molecule has 1 aliphatic carbocycles. The van der Waals surface area contributed by atoms with E-state index in [0.29, 0.717) is 11.0 Å². The molecule has 2 aromatic rings. The molecule has 1 aliphatic heterocycles. The molecule has 0 radical (unpaired) electrons. The molecule has 24 heavy (non-hydrogen) atoms. The van der Waals surface area contributed by atoms with Gasteiger partial charge < -0.3 is 5.32 Å². The van der Waals surface area contributed by atoms with Crippen molar-refractivity contribution in [2.24, 2.45) is 5.92 Å². The van der Waals surface area contributed by atoms with Crippen LogP contribution in [-0.2, 0) is 6.54 Å². The lowest BCUT2D eigenvalue weighted by molar-refractivity contribution is 0.102. The SMILES string of the molecule is O=C(Nc1ccccc1)c1nnc(CN2CCCC2C2CCC2)s1. The highest BCUT2D eigenvalue weighted by Gasteiger charge is 2.35. The molecule has 1 saturated heterocycles. The molecule has 6 heteroatoms. The van der Waals surface area contributed by atoms with Crippen molar-refractivity contribution in [1.82, 2.24) is 15.1 Å². The first-order valence-corrected chi connectivity index (χ1v) is 9.54. The number of anilines is 1. The predicted octanol–water partition coefficient (Wildman–Crippen LogP) is 3.55. The Bertz CT molecular complexity index is 698. The van der Waals surface area contributed by atoms with Crippen molar-refractivity contribution in [2.75, 3.05) is 11.9 Å². The van der Waals surface area contributed by atoms with Crippen molar-refractivity contribution in [3.63, 3.8) is 0 Å². The number of nitrogens with zero attached hydrogens (tertiary/aromatic N) is 3. The summed E-state index contributed by atoms with van der Waals surface area (Å²) < 4.78 is 0. The van der Waals surface area contributed by atoms with Crippen molar-refractivity contribution in [2.45, 2.75) is 44.7 Å². The number of likely N-dealkylation sites (tertiary alicyclic amines) is 1. The zero-order chi connectivity index (χ0) is 16.4. The van der Waals surface area contributed by atoms with E-state index in [1.54, 1.807) is 0 Å². The van der Waals surface area contributed by atoms with Crippen molar-refractivity contribution in [3.05, 3.63) is 40.3 Å². The molecule has 0 spiro atoms. The fourth-order valence-electron chi connectivity index (χ4n) is 3.70. The Labute approximate surface area is 146 Å². The third-order valence-corrected chi connectivity index (χ3v) is 6.05. The van der Waals surface area contributed by atoms with E-state index in [1.165, 1.54) is 43.4 Å². The van der Waals surface area contributed by atoms with Crippen LogP contribution in [0.1, 0.15) is 46.9 Å². The first-order chi connectivity index (χ1) is 11.8. The van der Waals surface area contributed by atoms with Crippen LogP contribution in [0.4, 0.5) is 5.69 Å². The van der Waals surface area contributed by atoms with E-state index in [1.807, 2.05) is 30.3 Å². The molecule has 0 bridgehead atoms. The van der Waals surface area contributed by atoms with Gasteiger partial charge in [-0.15, -0.1) is 10.2 Å². The molecule has 4 rings (SSSR count). The Morgan fingerprint density at radius 1 is 1.17 bits per heavy atom. The summed E-state index contributed by atoms with van der Waals surface area (Å²) in [5, 5.41) is 12.6. The Hall–Kier alpha value is -1.79. The van der Waals surface area contributed by atoms with Gasteiger partial charge in [-0.25, -0.2) is 0 Å². The van der Waals surface area contributed by atoms with E-state index in [9.17, 15) is 4.79 Å². The highest BCUT2D eigenvalue weighted by Crippen LogP contribution is 2.37. The van der Waals surface area contributed by atoms with Crippen LogP contribution in [0.15, 0.2) is 30.3 Å². The molecule has 1 aromatic heterocycles. The van der Waals surface area contributed by atoms with Gasteiger partial charge in [0.05, 0.1) is 6.54 Å². The summed E-state index contributed by atoms with van der Waals surface area (Å²) in [6.45, 7) is 1.98. The van der Waals surface area contributed by atoms with Crippen molar-refractivity contribution in [3.8, 4) is 0 Å². The maximum absolute atomic E-state index is 12.3. The Morgan fingerprint density at radius 3 is 2.75 bits per heavy atom. The van der Waals surface area contributed by atoms with E-state index < -0.39 is 0 Å². The summed E-state index contributed by atoms with van der Waals surface area (Å²) in [6.07, 6.45) is 6.73. The van der Waals surface area contributed by atoms with E-state index in [2.05, 4.69) is 20.4 Å². The molecule has 2 aliphatic rings. The van der Waals surface area contributed by atoms with Crippen LogP contribution < -0.4 is 5.32 Å². The molecule has 1 aromatic carbocycles. The number of aromatic nitrogens is 2. The molecular weight excluding hydrogens is 320 g/mol. The first kappa shape index (κ1) is 15.7. The smallest absolute Gasteiger partial charge is 0.286 e. The van der Waals surface area contributed by atoms with Crippen LogP contribution in [0.3, 0.4) is 0 Å². The molecule has 1 amide bonds. The predicted molar refractivity (Wildman–Crippen MR) is 95.1 cm³/mol. The number of benzene rings is 1. The number of rotatable bonds is 5. The van der Waals surface area contributed by atoms with E-state index in [-0.39, 0.29) is 5.91 Å². The summed E-state index contributed by atoms with van der Waals surface area (Å²) in [7, 11) is 0. The quantitative estimate of drug-likeness (QED) is 0.903. The molecule has 1 saturated carbocycles. The Kier molecular flexibility index (Phi) is 4.58. The molecule has 1 atom stereocenters. The largest absolute Gasteiger partial charge is 0.320 e. The van der Waals surface area contributed by atoms with Crippen LogP contribution in [0.5, 0.6) is 0 Å². The van der Waals surface area contributed by atoms with Gasteiger partial charge in [-0.2, -0.15) is 0 Å². The average Bonchev–Trinajstić information content (AvgIpc) is 3.18. The normalized spacial score (nSPS) is 21.6. The Morgan fingerprint density at radius 2 is 2.00 bits per heavy atom. The molecule has 2 fully saturated rings. The monoisotopic (exact) mass is 342 g/mol. The van der Waals surface area contributed by atoms with Gasteiger partial charge in [-0.05, 0) is 50.3 Å². The molecular formula is C18H22N4OS. The summed E-state index contributed by atoms with van der Waals surface area (Å²) >= 11 is 1.41. The van der Waals surface area contributed by atoms with Crippen molar-refractivity contribution < 1.29 is 4.79 Å². The van der Waals surface area contributed by atoms with E-state index in [4.69, 9.17) is 0 Å². The van der Waals surface area contributed by atoms with Crippen LogP contribution in [-0.4, -0.2) is 33.6 Å². The van der Waals surface area contributed by atoms with Crippen molar-refractivity contribution >= 4 is 22.9 Å². The van der Waals surface area contributed by atoms with Gasteiger partial charge in [-0.1, -0.05) is 36.0 Å².